The Kier molecular flexibility index (Phi) is 10.6. The Hall–Kier alpha value is -3.77. The molecule has 3 rings (SSSR count). The van der Waals surface area contributed by atoms with Gasteiger partial charge in [0.05, 0.1) is 24.2 Å². The number of aliphatic hydroxyl groups excluding tert-OH is 1. The van der Waals surface area contributed by atoms with Crippen LogP contribution in [0.2, 0.25) is 0 Å². The van der Waals surface area contributed by atoms with Gasteiger partial charge in [-0.3, -0.25) is 19.2 Å². The molecule has 0 aliphatic carbocycles. The summed E-state index contributed by atoms with van der Waals surface area (Å²) < 4.78 is 11.2. The Bertz CT molecular complexity index is 1230. The van der Waals surface area contributed by atoms with Gasteiger partial charge < -0.3 is 30.4 Å². The number of pyridine rings is 1. The lowest BCUT2D eigenvalue weighted by molar-refractivity contribution is -0.139. The van der Waals surface area contributed by atoms with Crippen molar-refractivity contribution in [3.05, 3.63) is 54.2 Å². The fourth-order valence-corrected chi connectivity index (χ4v) is 4.35. The minimum atomic E-state index is -1.33. The first-order valence-electron chi connectivity index (χ1n) is 13.7. The van der Waals surface area contributed by atoms with Crippen LogP contribution in [0.4, 0.5) is 0 Å². The molecule has 1 aliphatic rings. The van der Waals surface area contributed by atoms with Gasteiger partial charge in [-0.05, 0) is 52.2 Å². The second-order valence-electron chi connectivity index (χ2n) is 11.6. The van der Waals surface area contributed by atoms with Crippen LogP contribution >= 0.6 is 0 Å². The molecule has 1 saturated heterocycles. The third-order valence-corrected chi connectivity index (χ3v) is 6.16. The molecule has 1 fully saturated rings. The van der Waals surface area contributed by atoms with Crippen molar-refractivity contribution in [2.24, 2.45) is 5.92 Å². The molecule has 3 amide bonds. The first-order chi connectivity index (χ1) is 19.2. The van der Waals surface area contributed by atoms with Crippen LogP contribution in [0.25, 0.3) is 11.3 Å². The van der Waals surface area contributed by atoms with Gasteiger partial charge in [-0.25, -0.2) is 4.98 Å². The van der Waals surface area contributed by atoms with Gasteiger partial charge in [0, 0.05) is 11.1 Å². The molecule has 0 bridgehead atoms. The number of aromatic nitrogens is 1. The quantitative estimate of drug-likeness (QED) is 0.301. The summed E-state index contributed by atoms with van der Waals surface area (Å²) in [6.45, 7) is 10.7. The smallest absolute Gasteiger partial charge is 0.506 e. The molecule has 1 aliphatic heterocycles. The first kappa shape index (κ1) is 31.8. The minimum Gasteiger partial charge on any atom is -0.506 e. The minimum absolute atomic E-state index is 0.0651. The summed E-state index contributed by atoms with van der Waals surface area (Å²) in [4.78, 5) is 55.6. The number of carbonyl (C=O) groups excluding carboxylic acids is 4. The summed E-state index contributed by atoms with van der Waals surface area (Å²) in [5.41, 5.74) is 1.00. The maximum atomic E-state index is 13.3. The summed E-state index contributed by atoms with van der Waals surface area (Å²) in [5.74, 6) is -3.13. The van der Waals surface area contributed by atoms with Crippen molar-refractivity contribution >= 4 is 30.8 Å². The molecule has 1 aromatic carbocycles. The fraction of sp³-hybridized carbons (Fsp3) is 0.483. The summed E-state index contributed by atoms with van der Waals surface area (Å²) in [6, 6.07) is 13.0. The molecule has 11 nitrogen and oxygen atoms in total. The number of benzene rings is 1. The molecular formula is C29H39BN4O7. The van der Waals surface area contributed by atoms with Crippen LogP contribution < -0.4 is 16.0 Å². The SMILES string of the molecule is CC(C)C[C@H](NC(=O)C(NC(=O)c1cccc(-c2ccccc2)n1)[C@@H](C)O)B1OC(=O)[C@@H](CC(=O)NC(C)(C)C)O1. The maximum Gasteiger partial charge on any atom is 0.552 e. The van der Waals surface area contributed by atoms with E-state index in [1.165, 1.54) is 13.0 Å². The normalized spacial score (nSPS) is 17.4. The zero-order chi connectivity index (χ0) is 30.3. The average molecular weight is 566 g/mol. The van der Waals surface area contributed by atoms with Crippen LogP contribution in [0, 0.1) is 5.92 Å². The monoisotopic (exact) mass is 566 g/mol. The van der Waals surface area contributed by atoms with E-state index in [2.05, 4.69) is 20.9 Å². The molecule has 41 heavy (non-hydrogen) atoms. The van der Waals surface area contributed by atoms with E-state index < -0.39 is 54.6 Å². The fourth-order valence-electron chi connectivity index (χ4n) is 4.35. The standard InChI is InChI=1S/C29H39BN4O7/c1-17(2)15-23(30-40-22(28(39)41-30)16-24(36)34-29(4,5)6)32-27(38)25(18(3)35)33-26(37)21-14-10-13-20(31-21)19-11-8-7-9-12-19/h7-14,17-18,22-23,25,35H,15-16H2,1-6H3,(H,32,38)(H,33,37)(H,34,36)/t18-,22-,23+,25?/m1/s1. The highest BCUT2D eigenvalue weighted by atomic mass is 16.7. The summed E-state index contributed by atoms with van der Waals surface area (Å²) in [6.07, 6.45) is -2.23. The second kappa shape index (κ2) is 13.7. The van der Waals surface area contributed by atoms with Crippen molar-refractivity contribution in [3.8, 4) is 11.3 Å². The molecule has 2 aromatic rings. The van der Waals surface area contributed by atoms with Gasteiger partial charge in [0.25, 0.3) is 5.91 Å². The van der Waals surface area contributed by atoms with Gasteiger partial charge in [-0.1, -0.05) is 50.2 Å². The summed E-state index contributed by atoms with van der Waals surface area (Å²) in [5, 5.41) is 18.5. The van der Waals surface area contributed by atoms with Crippen molar-refractivity contribution < 1.29 is 33.6 Å². The zero-order valence-electron chi connectivity index (χ0n) is 24.3. The number of rotatable bonds is 11. The third kappa shape index (κ3) is 9.39. The predicted molar refractivity (Wildman–Crippen MR) is 153 cm³/mol. The summed E-state index contributed by atoms with van der Waals surface area (Å²) >= 11 is 0. The van der Waals surface area contributed by atoms with Crippen LogP contribution in [-0.4, -0.2) is 70.6 Å². The van der Waals surface area contributed by atoms with Crippen molar-refractivity contribution in [1.82, 2.24) is 20.9 Å². The molecular weight excluding hydrogens is 527 g/mol. The van der Waals surface area contributed by atoms with E-state index in [1.807, 2.05) is 65.0 Å². The maximum absolute atomic E-state index is 13.3. The number of aliphatic hydroxyl groups is 1. The lowest BCUT2D eigenvalue weighted by atomic mass is 9.74. The van der Waals surface area contributed by atoms with E-state index in [4.69, 9.17) is 9.31 Å². The largest absolute Gasteiger partial charge is 0.552 e. The van der Waals surface area contributed by atoms with E-state index in [1.54, 1.807) is 12.1 Å². The Morgan fingerprint density at radius 3 is 2.32 bits per heavy atom. The Morgan fingerprint density at radius 1 is 1.02 bits per heavy atom. The van der Waals surface area contributed by atoms with Gasteiger partial charge in [0.15, 0.2) is 0 Å². The van der Waals surface area contributed by atoms with Gasteiger partial charge in [-0.15, -0.1) is 0 Å². The molecule has 1 unspecified atom stereocenters. The lowest BCUT2D eigenvalue weighted by Gasteiger charge is -2.26. The Labute approximate surface area is 240 Å². The number of amides is 3. The van der Waals surface area contributed by atoms with Gasteiger partial charge in [0.2, 0.25) is 11.8 Å². The molecule has 0 spiro atoms. The van der Waals surface area contributed by atoms with E-state index in [0.29, 0.717) is 12.1 Å². The Balaban J connectivity index is 1.70. The van der Waals surface area contributed by atoms with E-state index >= 15 is 0 Å². The zero-order valence-corrected chi connectivity index (χ0v) is 24.3. The van der Waals surface area contributed by atoms with Crippen molar-refractivity contribution in [3.63, 3.8) is 0 Å². The van der Waals surface area contributed by atoms with Gasteiger partial charge in [-0.2, -0.15) is 0 Å². The van der Waals surface area contributed by atoms with E-state index in [-0.39, 0.29) is 23.9 Å². The third-order valence-electron chi connectivity index (χ3n) is 6.16. The highest BCUT2D eigenvalue weighted by molar-refractivity contribution is 6.51. The number of nitrogens with one attached hydrogen (secondary N) is 3. The molecule has 4 atom stereocenters. The van der Waals surface area contributed by atoms with Crippen LogP contribution in [0.15, 0.2) is 48.5 Å². The molecule has 2 heterocycles. The molecule has 0 radical (unpaired) electrons. The van der Waals surface area contributed by atoms with Gasteiger partial charge >= 0.3 is 13.1 Å². The average Bonchev–Trinajstić information content (AvgIpc) is 3.25. The van der Waals surface area contributed by atoms with Crippen LogP contribution in [0.3, 0.4) is 0 Å². The predicted octanol–water partition coefficient (Wildman–Crippen LogP) is 2.03. The number of hydrogen-bond donors (Lipinski definition) is 4. The molecule has 1 aromatic heterocycles. The van der Waals surface area contributed by atoms with Crippen LogP contribution in [-0.2, 0) is 23.7 Å². The topological polar surface area (TPSA) is 156 Å². The molecule has 220 valence electrons. The van der Waals surface area contributed by atoms with Gasteiger partial charge in [0.1, 0.15) is 17.8 Å². The van der Waals surface area contributed by atoms with Crippen LogP contribution in [0.1, 0.15) is 64.9 Å². The van der Waals surface area contributed by atoms with Crippen molar-refractivity contribution in [2.75, 3.05) is 0 Å². The van der Waals surface area contributed by atoms with Crippen LogP contribution in [0.5, 0.6) is 0 Å². The summed E-state index contributed by atoms with van der Waals surface area (Å²) in [7, 11) is -1.14. The molecule has 0 saturated carbocycles. The Morgan fingerprint density at radius 2 is 1.71 bits per heavy atom. The number of carbonyl (C=O) groups is 4. The second-order valence-corrected chi connectivity index (χ2v) is 11.6. The molecule has 12 heteroatoms. The highest BCUT2D eigenvalue weighted by Crippen LogP contribution is 2.21. The number of hydrogen-bond acceptors (Lipinski definition) is 8. The molecule has 4 N–H and O–H groups in total. The van der Waals surface area contributed by atoms with Crippen molar-refractivity contribution in [2.45, 2.75) is 84.1 Å². The van der Waals surface area contributed by atoms with E-state index in [9.17, 15) is 24.3 Å². The lowest BCUT2D eigenvalue weighted by Crippen LogP contribution is -2.57. The number of nitrogens with zero attached hydrogens (tertiary/aromatic N) is 1. The van der Waals surface area contributed by atoms with E-state index in [0.717, 1.165) is 5.56 Å². The highest BCUT2D eigenvalue weighted by Gasteiger charge is 2.47. The van der Waals surface area contributed by atoms with Crippen molar-refractivity contribution in [1.29, 1.82) is 0 Å². The first-order valence-corrected chi connectivity index (χ1v) is 13.7.